The molecule has 5 heteroatoms. The minimum absolute atomic E-state index is 0.0108. The number of ketones is 1. The van der Waals surface area contributed by atoms with Gasteiger partial charge in [0.05, 0.1) is 5.56 Å². The smallest absolute Gasteiger partial charge is 0.379 e. The maximum atomic E-state index is 12.5. The number of hydrogen-bond donors (Lipinski definition) is 0. The predicted octanol–water partition coefficient (Wildman–Crippen LogP) is 5.35. The van der Waals surface area contributed by atoms with E-state index in [1.165, 1.54) is 0 Å². The van der Waals surface area contributed by atoms with Gasteiger partial charge in [0.1, 0.15) is 13.2 Å². The Morgan fingerprint density at radius 1 is 0.774 bits per heavy atom. The van der Waals surface area contributed by atoms with Crippen LogP contribution in [0.2, 0.25) is 0 Å². The van der Waals surface area contributed by atoms with Gasteiger partial charge in [-0.3, -0.25) is 4.79 Å². The predicted molar refractivity (Wildman–Crippen MR) is 120 cm³/mol. The molecule has 0 aliphatic carbocycles. The second-order valence-electron chi connectivity index (χ2n) is 8.66. The van der Waals surface area contributed by atoms with Crippen LogP contribution in [-0.2, 0) is 14.3 Å². The van der Waals surface area contributed by atoms with Crippen LogP contribution in [0, 0.1) is 17.3 Å². The van der Waals surface area contributed by atoms with Crippen molar-refractivity contribution in [2.45, 2.75) is 40.5 Å². The lowest BCUT2D eigenvalue weighted by molar-refractivity contribution is -0.144. The Morgan fingerprint density at radius 2 is 1.29 bits per heavy atom. The minimum atomic E-state index is -0.893. The highest BCUT2D eigenvalue weighted by molar-refractivity contribution is 6.40. The highest BCUT2D eigenvalue weighted by atomic mass is 16.6. The van der Waals surface area contributed by atoms with Gasteiger partial charge in [0.2, 0.25) is 0 Å². The second kappa shape index (κ2) is 11.4. The number of benzene rings is 2. The Bertz CT molecular complexity index is 858. The first-order valence-corrected chi connectivity index (χ1v) is 10.7. The van der Waals surface area contributed by atoms with Crippen molar-refractivity contribution in [1.29, 1.82) is 0 Å². The molecular formula is C26H32O5. The van der Waals surface area contributed by atoms with E-state index >= 15 is 0 Å². The Kier molecular flexibility index (Phi) is 8.98. The van der Waals surface area contributed by atoms with Crippen molar-refractivity contribution >= 4 is 17.7 Å². The van der Waals surface area contributed by atoms with E-state index in [9.17, 15) is 14.4 Å². The Hall–Kier alpha value is -2.95. The molecule has 2 aromatic carbocycles. The fourth-order valence-electron chi connectivity index (χ4n) is 3.23. The lowest BCUT2D eigenvalue weighted by Crippen LogP contribution is -2.40. The van der Waals surface area contributed by atoms with E-state index in [2.05, 4.69) is 13.8 Å². The molecule has 1 unspecified atom stereocenters. The molecule has 5 nitrogen and oxygen atoms in total. The van der Waals surface area contributed by atoms with Crippen LogP contribution in [0.25, 0.3) is 0 Å². The molecule has 0 N–H and O–H groups in total. The molecule has 0 aliphatic heterocycles. The van der Waals surface area contributed by atoms with Crippen LogP contribution >= 0.6 is 0 Å². The number of esters is 2. The van der Waals surface area contributed by atoms with E-state index in [-0.39, 0.29) is 19.1 Å². The topological polar surface area (TPSA) is 69.7 Å². The van der Waals surface area contributed by atoms with Gasteiger partial charge in [0, 0.05) is 11.0 Å². The molecule has 0 spiro atoms. The van der Waals surface area contributed by atoms with Crippen LogP contribution in [-0.4, -0.2) is 30.9 Å². The van der Waals surface area contributed by atoms with E-state index in [0.29, 0.717) is 23.5 Å². The molecular weight excluding hydrogens is 392 g/mol. The third-order valence-corrected chi connectivity index (χ3v) is 5.66. The molecule has 0 aromatic heterocycles. The number of hydrogen-bond acceptors (Lipinski definition) is 5. The van der Waals surface area contributed by atoms with Gasteiger partial charge < -0.3 is 9.47 Å². The normalized spacial score (nSPS) is 13.0. The molecule has 0 aliphatic rings. The average Bonchev–Trinajstić information content (AvgIpc) is 2.78. The summed E-state index contributed by atoms with van der Waals surface area (Å²) in [4.78, 5) is 37.3. The maximum Gasteiger partial charge on any atom is 0.379 e. The van der Waals surface area contributed by atoms with Gasteiger partial charge in [-0.1, -0.05) is 82.6 Å². The van der Waals surface area contributed by atoms with Gasteiger partial charge in [-0.2, -0.15) is 0 Å². The fourth-order valence-corrected chi connectivity index (χ4v) is 3.23. The SMILES string of the molecule is CC(C)CCC(COC(=O)C(=O)c1ccccc1)(COC(=O)c1ccccc1)C(C)C. The minimum Gasteiger partial charge on any atom is -0.461 e. The first kappa shape index (κ1) is 24.3. The highest BCUT2D eigenvalue weighted by Crippen LogP contribution is 2.35. The summed E-state index contributed by atoms with van der Waals surface area (Å²) in [6, 6.07) is 17.1. The quantitative estimate of drug-likeness (QED) is 0.276. The summed E-state index contributed by atoms with van der Waals surface area (Å²) in [5, 5.41) is 0. The van der Waals surface area contributed by atoms with E-state index < -0.39 is 23.1 Å². The van der Waals surface area contributed by atoms with Gasteiger partial charge in [-0.25, -0.2) is 9.59 Å². The highest BCUT2D eigenvalue weighted by Gasteiger charge is 2.38. The van der Waals surface area contributed by atoms with E-state index in [1.54, 1.807) is 54.6 Å². The average molecular weight is 425 g/mol. The zero-order chi connectivity index (χ0) is 22.9. The molecule has 0 saturated heterocycles. The zero-order valence-electron chi connectivity index (χ0n) is 18.8. The van der Waals surface area contributed by atoms with E-state index in [1.807, 2.05) is 19.9 Å². The van der Waals surface area contributed by atoms with Gasteiger partial charge in [0.25, 0.3) is 5.78 Å². The third kappa shape index (κ3) is 7.06. The van der Waals surface area contributed by atoms with E-state index in [0.717, 1.165) is 6.42 Å². The van der Waals surface area contributed by atoms with Crippen LogP contribution in [0.1, 0.15) is 61.3 Å². The van der Waals surface area contributed by atoms with Gasteiger partial charge >= 0.3 is 11.9 Å². The first-order valence-electron chi connectivity index (χ1n) is 10.7. The molecule has 0 fully saturated rings. The molecule has 0 radical (unpaired) electrons. The van der Waals surface area contributed by atoms with Gasteiger partial charge in [-0.05, 0) is 30.4 Å². The van der Waals surface area contributed by atoms with Crippen LogP contribution < -0.4 is 0 Å². The summed E-state index contributed by atoms with van der Waals surface area (Å²) >= 11 is 0. The lowest BCUT2D eigenvalue weighted by Gasteiger charge is -2.37. The molecule has 0 heterocycles. The molecule has 166 valence electrons. The molecule has 2 aromatic rings. The number of rotatable bonds is 11. The monoisotopic (exact) mass is 424 g/mol. The molecule has 2 rings (SSSR count). The summed E-state index contributed by atoms with van der Waals surface area (Å²) in [5.41, 5.74) is 0.182. The zero-order valence-corrected chi connectivity index (χ0v) is 18.8. The second-order valence-corrected chi connectivity index (χ2v) is 8.66. The molecule has 0 saturated carbocycles. The fraction of sp³-hybridized carbons (Fsp3) is 0.423. The van der Waals surface area contributed by atoms with Crippen molar-refractivity contribution in [2.75, 3.05) is 13.2 Å². The Morgan fingerprint density at radius 3 is 1.81 bits per heavy atom. The van der Waals surface area contributed by atoms with Crippen LogP contribution in [0.5, 0.6) is 0 Å². The Balaban J connectivity index is 2.13. The summed E-state index contributed by atoms with van der Waals surface area (Å²) in [5.74, 6) is -1.49. The summed E-state index contributed by atoms with van der Waals surface area (Å²) < 4.78 is 11.1. The summed E-state index contributed by atoms with van der Waals surface area (Å²) in [6.07, 6.45) is 1.59. The first-order chi connectivity index (χ1) is 14.7. The Labute approximate surface area is 184 Å². The number of Topliss-reactive ketones (excluding diaryl/α,β-unsaturated/α-hetero) is 1. The van der Waals surface area contributed by atoms with Gasteiger partial charge in [-0.15, -0.1) is 0 Å². The summed E-state index contributed by atoms with van der Waals surface area (Å²) in [6.45, 7) is 8.39. The largest absolute Gasteiger partial charge is 0.461 e. The molecule has 0 bridgehead atoms. The van der Waals surface area contributed by atoms with Crippen LogP contribution in [0.15, 0.2) is 60.7 Å². The van der Waals surface area contributed by atoms with Crippen molar-refractivity contribution in [1.82, 2.24) is 0 Å². The van der Waals surface area contributed by atoms with E-state index in [4.69, 9.17) is 9.47 Å². The number of carbonyl (C=O) groups excluding carboxylic acids is 3. The van der Waals surface area contributed by atoms with Crippen LogP contribution in [0.4, 0.5) is 0 Å². The van der Waals surface area contributed by atoms with Crippen molar-refractivity contribution in [3.8, 4) is 0 Å². The third-order valence-electron chi connectivity index (χ3n) is 5.66. The number of carbonyl (C=O) groups is 3. The van der Waals surface area contributed by atoms with Crippen molar-refractivity contribution in [3.05, 3.63) is 71.8 Å². The van der Waals surface area contributed by atoms with Crippen molar-refractivity contribution in [2.24, 2.45) is 17.3 Å². The van der Waals surface area contributed by atoms with Crippen molar-refractivity contribution in [3.63, 3.8) is 0 Å². The lowest BCUT2D eigenvalue weighted by atomic mass is 9.73. The summed E-state index contributed by atoms with van der Waals surface area (Å²) in [7, 11) is 0. The van der Waals surface area contributed by atoms with Crippen molar-refractivity contribution < 1.29 is 23.9 Å². The van der Waals surface area contributed by atoms with Crippen LogP contribution in [0.3, 0.4) is 0 Å². The molecule has 1 atom stereocenters. The number of ether oxygens (including phenoxy) is 2. The van der Waals surface area contributed by atoms with Gasteiger partial charge in [0.15, 0.2) is 0 Å². The maximum absolute atomic E-state index is 12.5. The molecule has 0 amide bonds. The standard InChI is InChI=1S/C26H32O5/c1-19(2)15-16-26(20(3)4,17-30-24(28)22-13-9-6-10-14-22)18-31-25(29)23(27)21-11-7-5-8-12-21/h5-14,19-20H,15-18H2,1-4H3. The molecule has 31 heavy (non-hydrogen) atoms.